The average molecular weight is 194 g/mol. The van der Waals surface area contributed by atoms with Crippen LogP contribution in [0.1, 0.15) is 44.9 Å². The number of methoxy groups -OCH3 is 1. The van der Waals surface area contributed by atoms with Gasteiger partial charge in [0.1, 0.15) is 0 Å². The van der Waals surface area contributed by atoms with E-state index in [4.69, 9.17) is 0 Å². The van der Waals surface area contributed by atoms with Crippen molar-refractivity contribution in [2.45, 2.75) is 44.9 Å². The normalized spacial score (nSPS) is 16.9. The maximum Gasteiger partial charge on any atom is 0.384 e. The van der Waals surface area contributed by atoms with Gasteiger partial charge in [0.2, 0.25) is 0 Å². The van der Waals surface area contributed by atoms with Crippen LogP contribution in [0.25, 0.3) is 0 Å². The molecule has 0 N–H and O–H groups in total. The molecule has 1 aliphatic carbocycles. The fourth-order valence-electron chi connectivity index (χ4n) is 1.94. The Balaban J connectivity index is 2.12. The number of rotatable bonds is 2. The molecule has 1 aliphatic rings. The van der Waals surface area contributed by atoms with Gasteiger partial charge >= 0.3 is 5.97 Å². The molecule has 0 aromatic rings. The second kappa shape index (κ2) is 6.48. The van der Waals surface area contributed by atoms with E-state index in [-0.39, 0.29) is 0 Å². The summed E-state index contributed by atoms with van der Waals surface area (Å²) in [6.07, 6.45) is 8.80. The summed E-state index contributed by atoms with van der Waals surface area (Å²) in [5.41, 5.74) is 0. The zero-order valence-electron chi connectivity index (χ0n) is 8.84. The highest BCUT2D eigenvalue weighted by Gasteiger charge is 2.11. The standard InChI is InChI=1S/C12H18O2/c1-14-12(13)10-6-5-9-11-7-3-2-4-8-11/h11H,2-5,7-9H2,1H3. The van der Waals surface area contributed by atoms with Gasteiger partial charge < -0.3 is 4.74 Å². The van der Waals surface area contributed by atoms with Crippen molar-refractivity contribution in [3.63, 3.8) is 0 Å². The van der Waals surface area contributed by atoms with Crippen molar-refractivity contribution >= 4 is 5.97 Å². The Bertz CT molecular complexity index is 228. The molecule has 0 aromatic carbocycles. The molecule has 1 saturated carbocycles. The highest BCUT2D eigenvalue weighted by molar-refractivity contribution is 5.88. The Hall–Kier alpha value is -0.970. The van der Waals surface area contributed by atoms with E-state index in [1.165, 1.54) is 39.2 Å². The van der Waals surface area contributed by atoms with Crippen molar-refractivity contribution in [3.05, 3.63) is 0 Å². The summed E-state index contributed by atoms with van der Waals surface area (Å²) in [6.45, 7) is 0. The van der Waals surface area contributed by atoms with E-state index < -0.39 is 5.97 Å². The van der Waals surface area contributed by atoms with Crippen LogP contribution in [0.2, 0.25) is 0 Å². The number of hydrogen-bond donors (Lipinski definition) is 0. The molecular weight excluding hydrogens is 176 g/mol. The summed E-state index contributed by atoms with van der Waals surface area (Å²) in [4.78, 5) is 10.7. The van der Waals surface area contributed by atoms with E-state index in [9.17, 15) is 4.79 Å². The average Bonchev–Trinajstić information content (AvgIpc) is 2.25. The maximum atomic E-state index is 10.7. The number of hydrogen-bond acceptors (Lipinski definition) is 2. The van der Waals surface area contributed by atoms with E-state index in [0.29, 0.717) is 0 Å². The van der Waals surface area contributed by atoms with Gasteiger partial charge in [-0.05, 0) is 12.3 Å². The van der Waals surface area contributed by atoms with Crippen LogP contribution in [-0.2, 0) is 9.53 Å². The molecule has 78 valence electrons. The fraction of sp³-hybridized carbons (Fsp3) is 0.750. The molecule has 2 nitrogen and oxygen atoms in total. The fourth-order valence-corrected chi connectivity index (χ4v) is 1.94. The van der Waals surface area contributed by atoms with Gasteiger partial charge in [0.05, 0.1) is 7.11 Å². The molecule has 0 radical (unpaired) electrons. The van der Waals surface area contributed by atoms with Crippen LogP contribution < -0.4 is 0 Å². The highest BCUT2D eigenvalue weighted by Crippen LogP contribution is 2.26. The summed E-state index contributed by atoms with van der Waals surface area (Å²) >= 11 is 0. The minimum absolute atomic E-state index is 0.423. The zero-order valence-corrected chi connectivity index (χ0v) is 8.84. The first-order valence-corrected chi connectivity index (χ1v) is 5.39. The summed E-state index contributed by atoms with van der Waals surface area (Å²) in [6, 6.07) is 0. The Labute approximate surface area is 86.0 Å². The maximum absolute atomic E-state index is 10.7. The second-order valence-corrected chi connectivity index (χ2v) is 3.84. The number of carbonyl (C=O) groups excluding carboxylic acids is 1. The van der Waals surface area contributed by atoms with Gasteiger partial charge in [-0.2, -0.15) is 0 Å². The third-order valence-corrected chi connectivity index (χ3v) is 2.78. The molecule has 2 heteroatoms. The van der Waals surface area contributed by atoms with Crippen molar-refractivity contribution in [2.24, 2.45) is 5.92 Å². The molecule has 0 amide bonds. The van der Waals surface area contributed by atoms with Crippen LogP contribution in [0.15, 0.2) is 0 Å². The predicted octanol–water partition coefficient (Wildman–Crippen LogP) is 2.52. The lowest BCUT2D eigenvalue weighted by atomic mass is 9.86. The monoisotopic (exact) mass is 194 g/mol. The lowest BCUT2D eigenvalue weighted by molar-refractivity contribution is -0.133. The van der Waals surface area contributed by atoms with E-state index in [2.05, 4.69) is 16.6 Å². The Morgan fingerprint density at radius 3 is 2.71 bits per heavy atom. The summed E-state index contributed by atoms with van der Waals surface area (Å²) < 4.78 is 4.43. The van der Waals surface area contributed by atoms with Crippen molar-refractivity contribution in [2.75, 3.05) is 7.11 Å². The molecule has 14 heavy (non-hydrogen) atoms. The number of ether oxygens (including phenoxy) is 1. The molecular formula is C12H18O2. The van der Waals surface area contributed by atoms with Crippen molar-refractivity contribution < 1.29 is 9.53 Å². The lowest BCUT2D eigenvalue weighted by Crippen LogP contribution is -2.05. The molecule has 0 bridgehead atoms. The zero-order chi connectivity index (χ0) is 10.2. The first-order chi connectivity index (χ1) is 6.83. The van der Waals surface area contributed by atoms with Gasteiger partial charge in [-0.1, -0.05) is 38.0 Å². The van der Waals surface area contributed by atoms with Crippen LogP contribution in [-0.4, -0.2) is 13.1 Å². The molecule has 0 aliphatic heterocycles. The van der Waals surface area contributed by atoms with Crippen molar-refractivity contribution in [1.29, 1.82) is 0 Å². The molecule has 0 heterocycles. The molecule has 1 rings (SSSR count). The van der Waals surface area contributed by atoms with Crippen LogP contribution in [0.3, 0.4) is 0 Å². The van der Waals surface area contributed by atoms with Gasteiger partial charge in [0.15, 0.2) is 0 Å². The Kier molecular flexibility index (Phi) is 5.14. The van der Waals surface area contributed by atoms with Gasteiger partial charge in [-0.3, -0.25) is 0 Å². The molecule has 0 atom stereocenters. The summed E-state index contributed by atoms with van der Waals surface area (Å²) in [5.74, 6) is 5.74. The molecule has 0 aromatic heterocycles. The van der Waals surface area contributed by atoms with Gasteiger partial charge in [-0.25, -0.2) is 4.79 Å². The molecule has 0 saturated heterocycles. The van der Waals surface area contributed by atoms with Gasteiger partial charge in [-0.15, -0.1) is 0 Å². The first kappa shape index (κ1) is 11.1. The van der Waals surface area contributed by atoms with Crippen LogP contribution >= 0.6 is 0 Å². The van der Waals surface area contributed by atoms with Crippen molar-refractivity contribution in [1.82, 2.24) is 0 Å². The van der Waals surface area contributed by atoms with E-state index in [1.54, 1.807) is 0 Å². The minimum Gasteiger partial charge on any atom is -0.459 e. The SMILES string of the molecule is COC(=O)C#CCCC1CCCCC1. The Morgan fingerprint density at radius 1 is 1.36 bits per heavy atom. The van der Waals surface area contributed by atoms with Crippen molar-refractivity contribution in [3.8, 4) is 11.8 Å². The Morgan fingerprint density at radius 2 is 2.07 bits per heavy atom. The lowest BCUT2D eigenvalue weighted by Gasteiger charge is -2.20. The van der Waals surface area contributed by atoms with E-state index >= 15 is 0 Å². The smallest absolute Gasteiger partial charge is 0.384 e. The second-order valence-electron chi connectivity index (χ2n) is 3.84. The van der Waals surface area contributed by atoms with Crippen LogP contribution in [0.4, 0.5) is 0 Å². The molecule has 0 spiro atoms. The van der Waals surface area contributed by atoms with Crippen LogP contribution in [0, 0.1) is 17.8 Å². The van der Waals surface area contributed by atoms with E-state index in [0.717, 1.165) is 18.8 Å². The molecule has 1 fully saturated rings. The van der Waals surface area contributed by atoms with E-state index in [1.807, 2.05) is 0 Å². The van der Waals surface area contributed by atoms with Crippen LogP contribution in [0.5, 0.6) is 0 Å². The topological polar surface area (TPSA) is 26.3 Å². The van der Waals surface area contributed by atoms with Gasteiger partial charge in [0.25, 0.3) is 0 Å². The minimum atomic E-state index is -0.423. The number of carbonyl (C=O) groups is 1. The third kappa shape index (κ3) is 4.32. The first-order valence-electron chi connectivity index (χ1n) is 5.39. The highest BCUT2D eigenvalue weighted by atomic mass is 16.5. The third-order valence-electron chi connectivity index (χ3n) is 2.78. The summed E-state index contributed by atoms with van der Waals surface area (Å²) in [5, 5.41) is 0. The largest absolute Gasteiger partial charge is 0.459 e. The summed E-state index contributed by atoms with van der Waals surface area (Å²) in [7, 11) is 1.36. The number of esters is 1. The quantitative estimate of drug-likeness (QED) is 0.383. The molecule has 0 unspecified atom stereocenters. The predicted molar refractivity (Wildman–Crippen MR) is 55.6 cm³/mol. The van der Waals surface area contributed by atoms with Gasteiger partial charge in [0, 0.05) is 12.3 Å².